The highest BCUT2D eigenvalue weighted by Crippen LogP contribution is 2.31. The van der Waals surface area contributed by atoms with Gasteiger partial charge in [-0.25, -0.2) is 0 Å². The number of amidine groups is 1. The van der Waals surface area contributed by atoms with E-state index < -0.39 is 0 Å². The Labute approximate surface area is 132 Å². The van der Waals surface area contributed by atoms with E-state index in [4.69, 9.17) is 4.74 Å². The van der Waals surface area contributed by atoms with Crippen LogP contribution in [0.4, 0.5) is 5.69 Å². The number of rotatable bonds is 5. The van der Waals surface area contributed by atoms with Gasteiger partial charge in [-0.1, -0.05) is 11.8 Å². The molecule has 1 fully saturated rings. The monoisotopic (exact) mass is 319 g/mol. The van der Waals surface area contributed by atoms with Crippen molar-refractivity contribution in [3.05, 3.63) is 24.3 Å². The molecule has 1 aromatic carbocycles. The highest BCUT2D eigenvalue weighted by Gasteiger charge is 2.40. The molecule has 2 aliphatic heterocycles. The zero-order valence-corrected chi connectivity index (χ0v) is 13.1. The van der Waals surface area contributed by atoms with Crippen molar-refractivity contribution in [3.63, 3.8) is 0 Å². The van der Waals surface area contributed by atoms with Crippen LogP contribution in [-0.4, -0.2) is 46.8 Å². The van der Waals surface area contributed by atoms with Gasteiger partial charge < -0.3 is 10.1 Å². The number of hydrogen-bond acceptors (Lipinski definition) is 5. The molecular weight excluding hydrogens is 302 g/mol. The molecule has 22 heavy (non-hydrogen) atoms. The molecule has 0 saturated carbocycles. The molecule has 0 bridgehead atoms. The number of ether oxygens (including phenoxy) is 1. The summed E-state index contributed by atoms with van der Waals surface area (Å²) in [6.45, 7) is 3.83. The van der Waals surface area contributed by atoms with E-state index in [1.807, 2.05) is 6.92 Å². The molecule has 0 unspecified atom stereocenters. The Hall–Kier alpha value is -2.02. The largest absolute Gasteiger partial charge is 0.494 e. The summed E-state index contributed by atoms with van der Waals surface area (Å²) < 4.78 is 5.35. The molecule has 0 aliphatic carbocycles. The van der Waals surface area contributed by atoms with Crippen LogP contribution in [0.25, 0.3) is 0 Å². The second-order valence-electron chi connectivity index (χ2n) is 4.97. The molecular formula is C15H17N3O3S. The van der Waals surface area contributed by atoms with Crippen LogP contribution in [0.5, 0.6) is 5.75 Å². The summed E-state index contributed by atoms with van der Waals surface area (Å²) in [5, 5.41) is 3.20. The van der Waals surface area contributed by atoms with Gasteiger partial charge in [0.1, 0.15) is 11.0 Å². The molecule has 116 valence electrons. The fourth-order valence-electron chi connectivity index (χ4n) is 2.39. The van der Waals surface area contributed by atoms with Gasteiger partial charge in [-0.3, -0.25) is 19.5 Å². The average Bonchev–Trinajstić information content (AvgIpc) is 3.06. The van der Waals surface area contributed by atoms with Gasteiger partial charge in [0.25, 0.3) is 0 Å². The van der Waals surface area contributed by atoms with E-state index in [9.17, 15) is 9.59 Å². The lowest BCUT2D eigenvalue weighted by atomic mass is 10.2. The van der Waals surface area contributed by atoms with E-state index >= 15 is 0 Å². The molecule has 1 aromatic rings. The van der Waals surface area contributed by atoms with E-state index in [1.54, 1.807) is 29.2 Å². The fourth-order valence-corrected chi connectivity index (χ4v) is 3.59. The lowest BCUT2D eigenvalue weighted by molar-refractivity contribution is -0.127. The van der Waals surface area contributed by atoms with Gasteiger partial charge in [0.05, 0.1) is 13.2 Å². The zero-order valence-electron chi connectivity index (χ0n) is 12.2. The van der Waals surface area contributed by atoms with Crippen molar-refractivity contribution in [3.8, 4) is 5.75 Å². The minimum Gasteiger partial charge on any atom is -0.494 e. The SMILES string of the molecule is CCOc1ccc(NC(=O)C[C@H]2SC3=NCCN3C2=O)cc1. The Morgan fingerprint density at radius 2 is 2.23 bits per heavy atom. The summed E-state index contributed by atoms with van der Waals surface area (Å²) >= 11 is 1.38. The van der Waals surface area contributed by atoms with Crippen LogP contribution in [0, 0.1) is 0 Å². The molecule has 1 atom stereocenters. The van der Waals surface area contributed by atoms with E-state index in [0.717, 1.165) is 10.9 Å². The second-order valence-corrected chi connectivity index (χ2v) is 6.14. The Bertz CT molecular complexity index is 615. The summed E-state index contributed by atoms with van der Waals surface area (Å²) in [5.41, 5.74) is 0.696. The lowest BCUT2D eigenvalue weighted by Gasteiger charge is -2.10. The first kappa shape index (κ1) is 14.9. The van der Waals surface area contributed by atoms with Gasteiger partial charge in [-0.05, 0) is 31.2 Å². The second kappa shape index (κ2) is 6.39. The van der Waals surface area contributed by atoms with Gasteiger partial charge in [0.15, 0.2) is 5.17 Å². The number of thioether (sulfide) groups is 1. The zero-order chi connectivity index (χ0) is 15.5. The molecule has 0 radical (unpaired) electrons. The third-order valence-corrected chi connectivity index (χ3v) is 4.62. The van der Waals surface area contributed by atoms with Crippen molar-refractivity contribution in [2.75, 3.05) is 25.0 Å². The lowest BCUT2D eigenvalue weighted by Crippen LogP contribution is -2.32. The van der Waals surface area contributed by atoms with Crippen LogP contribution < -0.4 is 10.1 Å². The van der Waals surface area contributed by atoms with Crippen LogP contribution in [0.2, 0.25) is 0 Å². The number of aliphatic imine (C=N–C) groups is 1. The first-order valence-corrected chi connectivity index (χ1v) is 8.10. The molecule has 2 aliphatic rings. The first-order valence-electron chi connectivity index (χ1n) is 7.22. The number of amides is 2. The summed E-state index contributed by atoms with van der Waals surface area (Å²) in [6.07, 6.45) is 0.159. The van der Waals surface area contributed by atoms with E-state index in [0.29, 0.717) is 25.4 Å². The molecule has 7 heteroatoms. The molecule has 2 amide bonds. The third-order valence-electron chi connectivity index (χ3n) is 3.41. The highest BCUT2D eigenvalue weighted by atomic mass is 32.2. The van der Waals surface area contributed by atoms with E-state index in [1.165, 1.54) is 11.8 Å². The van der Waals surface area contributed by atoms with Crippen LogP contribution in [0.15, 0.2) is 29.3 Å². The maximum Gasteiger partial charge on any atom is 0.242 e. The third kappa shape index (κ3) is 3.09. The molecule has 1 saturated heterocycles. The summed E-state index contributed by atoms with van der Waals surface area (Å²) in [6, 6.07) is 7.18. The molecule has 2 heterocycles. The standard InChI is InChI=1S/C15H17N3O3S/c1-2-21-11-5-3-10(4-6-11)17-13(19)9-12-14(20)18-8-7-16-15(18)22-12/h3-6,12H,2,7-9H2,1H3,(H,17,19)/t12-/m1/s1. The number of nitrogens with one attached hydrogen (secondary N) is 1. The van der Waals surface area contributed by atoms with Gasteiger partial charge in [0, 0.05) is 18.7 Å². The Morgan fingerprint density at radius 3 is 2.91 bits per heavy atom. The minimum atomic E-state index is -0.359. The predicted octanol–water partition coefficient (Wildman–Crippen LogP) is 1.73. The number of fused-ring (bicyclic) bond motifs is 1. The number of benzene rings is 1. The van der Waals surface area contributed by atoms with Gasteiger partial charge in [-0.15, -0.1) is 0 Å². The Balaban J connectivity index is 1.55. The molecule has 1 N–H and O–H groups in total. The minimum absolute atomic E-state index is 0.0110. The topological polar surface area (TPSA) is 71.0 Å². The molecule has 6 nitrogen and oxygen atoms in total. The Kier molecular flexibility index (Phi) is 4.33. The van der Waals surface area contributed by atoms with Crippen molar-refractivity contribution in [1.29, 1.82) is 0 Å². The van der Waals surface area contributed by atoms with E-state index in [2.05, 4.69) is 10.3 Å². The number of anilines is 1. The van der Waals surface area contributed by atoms with Crippen molar-refractivity contribution in [1.82, 2.24) is 4.90 Å². The number of carbonyl (C=O) groups excluding carboxylic acids is 2. The molecule has 0 aromatic heterocycles. The van der Waals surface area contributed by atoms with Gasteiger partial charge in [-0.2, -0.15) is 0 Å². The van der Waals surface area contributed by atoms with Crippen molar-refractivity contribution < 1.29 is 14.3 Å². The van der Waals surface area contributed by atoms with Crippen LogP contribution >= 0.6 is 11.8 Å². The van der Waals surface area contributed by atoms with Crippen molar-refractivity contribution >= 4 is 34.4 Å². The number of hydrogen-bond donors (Lipinski definition) is 1. The fraction of sp³-hybridized carbons (Fsp3) is 0.400. The number of carbonyl (C=O) groups is 2. The molecule has 3 rings (SSSR count). The molecule has 0 spiro atoms. The quantitative estimate of drug-likeness (QED) is 0.897. The van der Waals surface area contributed by atoms with Crippen molar-refractivity contribution in [2.45, 2.75) is 18.6 Å². The summed E-state index contributed by atoms with van der Waals surface area (Å²) in [5.74, 6) is 0.584. The van der Waals surface area contributed by atoms with E-state index in [-0.39, 0.29) is 23.5 Å². The smallest absolute Gasteiger partial charge is 0.242 e. The normalized spacial score (nSPS) is 19.9. The van der Waals surface area contributed by atoms with Gasteiger partial charge >= 0.3 is 0 Å². The maximum absolute atomic E-state index is 12.1. The van der Waals surface area contributed by atoms with Crippen LogP contribution in [0.1, 0.15) is 13.3 Å². The van der Waals surface area contributed by atoms with Crippen molar-refractivity contribution in [2.24, 2.45) is 4.99 Å². The highest BCUT2D eigenvalue weighted by molar-refractivity contribution is 8.15. The number of nitrogens with zero attached hydrogens (tertiary/aromatic N) is 2. The summed E-state index contributed by atoms with van der Waals surface area (Å²) in [4.78, 5) is 30.1. The average molecular weight is 319 g/mol. The van der Waals surface area contributed by atoms with Crippen LogP contribution in [0.3, 0.4) is 0 Å². The maximum atomic E-state index is 12.1. The van der Waals surface area contributed by atoms with Gasteiger partial charge in [0.2, 0.25) is 11.8 Å². The summed E-state index contributed by atoms with van der Waals surface area (Å²) in [7, 11) is 0. The van der Waals surface area contributed by atoms with Crippen LogP contribution in [-0.2, 0) is 9.59 Å². The predicted molar refractivity (Wildman–Crippen MR) is 86.3 cm³/mol. The Morgan fingerprint density at radius 1 is 1.45 bits per heavy atom. The first-order chi connectivity index (χ1) is 10.7.